The number of carboxylic acids is 1. The third-order valence-corrected chi connectivity index (χ3v) is 3.40. The van der Waals surface area contributed by atoms with E-state index in [2.05, 4.69) is 19.2 Å². The molecule has 0 aromatic heterocycles. The van der Waals surface area contributed by atoms with Crippen LogP contribution in [0.1, 0.15) is 54.6 Å². The molecule has 1 amide bonds. The topological polar surface area (TPSA) is 66.4 Å². The van der Waals surface area contributed by atoms with Gasteiger partial charge in [-0.1, -0.05) is 26.3 Å². The Morgan fingerprint density at radius 2 is 2.05 bits per heavy atom. The Balaban J connectivity index is 2.83. The predicted octanol–water partition coefficient (Wildman–Crippen LogP) is 3.40. The first kappa shape index (κ1) is 17.0. The third-order valence-electron chi connectivity index (χ3n) is 3.40. The lowest BCUT2D eigenvalue weighted by molar-refractivity contribution is -0.131. The number of amides is 1. The van der Waals surface area contributed by atoms with Crippen LogP contribution in [0.25, 0.3) is 6.08 Å². The van der Waals surface area contributed by atoms with Crippen LogP contribution >= 0.6 is 0 Å². The highest BCUT2D eigenvalue weighted by atomic mass is 16.4. The van der Waals surface area contributed by atoms with Crippen molar-refractivity contribution in [3.8, 4) is 0 Å². The van der Waals surface area contributed by atoms with Gasteiger partial charge in [0.1, 0.15) is 0 Å². The minimum Gasteiger partial charge on any atom is -0.478 e. The molecule has 114 valence electrons. The van der Waals surface area contributed by atoms with Crippen LogP contribution in [-0.2, 0) is 4.79 Å². The van der Waals surface area contributed by atoms with E-state index in [0.29, 0.717) is 5.56 Å². The highest BCUT2D eigenvalue weighted by Crippen LogP contribution is 2.13. The number of benzene rings is 1. The number of aryl methyl sites for hydroxylation is 1. The smallest absolute Gasteiger partial charge is 0.328 e. The number of rotatable bonds is 7. The Kier molecular flexibility index (Phi) is 6.66. The summed E-state index contributed by atoms with van der Waals surface area (Å²) in [5, 5.41) is 11.7. The fourth-order valence-corrected chi connectivity index (χ4v) is 2.16. The van der Waals surface area contributed by atoms with Crippen molar-refractivity contribution >= 4 is 18.0 Å². The molecule has 0 radical (unpaired) electrons. The molecule has 21 heavy (non-hydrogen) atoms. The SMILES string of the molecule is CCCC(CC)NC(=O)c1ccc(/C=C/C(=O)O)c(C)c1. The minimum atomic E-state index is -0.985. The molecule has 0 aliphatic heterocycles. The summed E-state index contributed by atoms with van der Waals surface area (Å²) < 4.78 is 0. The Morgan fingerprint density at radius 3 is 2.57 bits per heavy atom. The van der Waals surface area contributed by atoms with Gasteiger partial charge in [-0.3, -0.25) is 4.79 Å². The van der Waals surface area contributed by atoms with E-state index in [1.807, 2.05) is 6.92 Å². The summed E-state index contributed by atoms with van der Waals surface area (Å²) in [6.45, 7) is 6.02. The number of hydrogen-bond acceptors (Lipinski definition) is 2. The van der Waals surface area contributed by atoms with Gasteiger partial charge in [-0.25, -0.2) is 4.79 Å². The van der Waals surface area contributed by atoms with Crippen molar-refractivity contribution in [3.63, 3.8) is 0 Å². The molecule has 0 bridgehead atoms. The van der Waals surface area contributed by atoms with Crippen LogP contribution < -0.4 is 5.32 Å². The molecule has 0 saturated carbocycles. The molecule has 1 aromatic carbocycles. The lowest BCUT2D eigenvalue weighted by Crippen LogP contribution is -2.34. The van der Waals surface area contributed by atoms with Gasteiger partial charge < -0.3 is 10.4 Å². The van der Waals surface area contributed by atoms with Gasteiger partial charge in [0.2, 0.25) is 0 Å². The molecule has 0 saturated heterocycles. The molecular formula is C17H23NO3. The number of hydrogen-bond donors (Lipinski definition) is 2. The van der Waals surface area contributed by atoms with Crippen molar-refractivity contribution in [3.05, 3.63) is 41.0 Å². The van der Waals surface area contributed by atoms with Crippen LogP contribution in [0.5, 0.6) is 0 Å². The van der Waals surface area contributed by atoms with E-state index in [0.717, 1.165) is 36.5 Å². The molecule has 0 fully saturated rings. The van der Waals surface area contributed by atoms with Gasteiger partial charge in [0, 0.05) is 17.7 Å². The van der Waals surface area contributed by atoms with Crippen molar-refractivity contribution < 1.29 is 14.7 Å². The van der Waals surface area contributed by atoms with Crippen LogP contribution in [0, 0.1) is 6.92 Å². The monoisotopic (exact) mass is 289 g/mol. The fraction of sp³-hybridized carbons (Fsp3) is 0.412. The van der Waals surface area contributed by atoms with Gasteiger partial charge >= 0.3 is 5.97 Å². The molecule has 4 heteroatoms. The van der Waals surface area contributed by atoms with E-state index in [9.17, 15) is 9.59 Å². The average molecular weight is 289 g/mol. The van der Waals surface area contributed by atoms with Gasteiger partial charge in [0.05, 0.1) is 0 Å². The van der Waals surface area contributed by atoms with Crippen molar-refractivity contribution in [1.29, 1.82) is 0 Å². The maximum absolute atomic E-state index is 12.2. The maximum Gasteiger partial charge on any atom is 0.328 e. The van der Waals surface area contributed by atoms with Crippen molar-refractivity contribution in [2.24, 2.45) is 0 Å². The third kappa shape index (κ3) is 5.42. The second kappa shape index (κ2) is 8.25. The van der Waals surface area contributed by atoms with Gasteiger partial charge in [0.25, 0.3) is 5.91 Å². The van der Waals surface area contributed by atoms with Gasteiger partial charge in [-0.15, -0.1) is 0 Å². The average Bonchev–Trinajstić information content (AvgIpc) is 2.45. The fourth-order valence-electron chi connectivity index (χ4n) is 2.16. The summed E-state index contributed by atoms with van der Waals surface area (Å²) in [4.78, 5) is 22.7. The molecule has 1 rings (SSSR count). The van der Waals surface area contributed by atoms with Crippen molar-refractivity contribution in [2.75, 3.05) is 0 Å². The Morgan fingerprint density at radius 1 is 1.33 bits per heavy atom. The summed E-state index contributed by atoms with van der Waals surface area (Å²) >= 11 is 0. The maximum atomic E-state index is 12.2. The first-order valence-corrected chi connectivity index (χ1v) is 7.30. The van der Waals surface area contributed by atoms with E-state index in [1.165, 1.54) is 6.08 Å². The first-order chi connectivity index (χ1) is 9.97. The molecule has 1 unspecified atom stereocenters. The van der Waals surface area contributed by atoms with Crippen LogP contribution in [-0.4, -0.2) is 23.0 Å². The van der Waals surface area contributed by atoms with E-state index in [4.69, 9.17) is 5.11 Å². The number of carbonyl (C=O) groups excluding carboxylic acids is 1. The normalized spacial score (nSPS) is 12.3. The largest absolute Gasteiger partial charge is 0.478 e. The summed E-state index contributed by atoms with van der Waals surface area (Å²) in [7, 11) is 0. The quantitative estimate of drug-likeness (QED) is 0.756. The molecule has 0 aliphatic carbocycles. The van der Waals surface area contributed by atoms with Crippen LogP contribution in [0.4, 0.5) is 0 Å². The summed E-state index contributed by atoms with van der Waals surface area (Å²) in [6, 6.07) is 5.48. The molecule has 0 aliphatic rings. The molecule has 1 atom stereocenters. The van der Waals surface area contributed by atoms with E-state index < -0.39 is 5.97 Å². The van der Waals surface area contributed by atoms with Crippen LogP contribution in [0.2, 0.25) is 0 Å². The van der Waals surface area contributed by atoms with Crippen LogP contribution in [0.15, 0.2) is 24.3 Å². The summed E-state index contributed by atoms with van der Waals surface area (Å²) in [5.74, 6) is -1.06. The van der Waals surface area contributed by atoms with Gasteiger partial charge in [0.15, 0.2) is 0 Å². The highest BCUT2D eigenvalue weighted by molar-refractivity contribution is 5.95. The zero-order chi connectivity index (χ0) is 15.8. The Hall–Kier alpha value is -2.10. The second-order valence-corrected chi connectivity index (χ2v) is 5.11. The molecule has 2 N–H and O–H groups in total. The molecule has 0 spiro atoms. The summed E-state index contributed by atoms with van der Waals surface area (Å²) in [6.07, 6.45) is 5.55. The molecule has 1 aromatic rings. The Bertz CT molecular complexity index is 535. The second-order valence-electron chi connectivity index (χ2n) is 5.11. The minimum absolute atomic E-state index is 0.0767. The molecular weight excluding hydrogens is 266 g/mol. The zero-order valence-electron chi connectivity index (χ0n) is 12.8. The van der Waals surface area contributed by atoms with Crippen molar-refractivity contribution in [2.45, 2.75) is 46.1 Å². The Labute approximate surface area is 125 Å². The lowest BCUT2D eigenvalue weighted by atomic mass is 10.0. The van der Waals surface area contributed by atoms with Crippen LogP contribution in [0.3, 0.4) is 0 Å². The molecule has 0 heterocycles. The lowest BCUT2D eigenvalue weighted by Gasteiger charge is -2.16. The van der Waals surface area contributed by atoms with E-state index in [1.54, 1.807) is 18.2 Å². The van der Waals surface area contributed by atoms with E-state index >= 15 is 0 Å². The number of carboxylic acid groups (broad SMARTS) is 1. The highest BCUT2D eigenvalue weighted by Gasteiger charge is 2.12. The van der Waals surface area contributed by atoms with Gasteiger partial charge in [-0.05, 0) is 49.1 Å². The number of aliphatic carboxylic acids is 1. The summed E-state index contributed by atoms with van der Waals surface area (Å²) in [5.41, 5.74) is 2.28. The van der Waals surface area contributed by atoms with E-state index in [-0.39, 0.29) is 11.9 Å². The number of nitrogens with one attached hydrogen (secondary N) is 1. The predicted molar refractivity (Wildman–Crippen MR) is 84.3 cm³/mol. The van der Waals surface area contributed by atoms with Crippen molar-refractivity contribution in [1.82, 2.24) is 5.32 Å². The first-order valence-electron chi connectivity index (χ1n) is 7.30. The van der Waals surface area contributed by atoms with Gasteiger partial charge in [-0.2, -0.15) is 0 Å². The standard InChI is InChI=1S/C17H23NO3/c1-4-6-15(5-2)18-17(21)14-8-7-13(12(3)11-14)9-10-16(19)20/h7-11,15H,4-6H2,1-3H3,(H,18,21)(H,19,20)/b10-9+. The zero-order valence-corrected chi connectivity index (χ0v) is 12.8. The number of carbonyl (C=O) groups is 2. The molecule has 4 nitrogen and oxygen atoms in total.